The number of ether oxygens (including phenoxy) is 6. The maximum atomic E-state index is 13.1. The Bertz CT molecular complexity index is 1690. The Morgan fingerprint density at radius 1 is 0.767 bits per heavy atom. The molecular weight excluding hydrogens is 786 g/mol. The van der Waals surface area contributed by atoms with Gasteiger partial charge >= 0.3 is 0 Å². The highest BCUT2D eigenvalue weighted by Crippen LogP contribution is 2.30. The van der Waals surface area contributed by atoms with Crippen LogP contribution in [-0.2, 0) is 44.6 Å². The molecule has 1 aromatic carbocycles. The zero-order chi connectivity index (χ0) is 44.9. The average molecular weight is 850 g/mol. The molecule has 2 fully saturated rings. The van der Waals surface area contributed by atoms with Crippen LogP contribution in [0.1, 0.15) is 87.0 Å². The van der Waals surface area contributed by atoms with Crippen molar-refractivity contribution in [3.8, 4) is 11.4 Å². The smallest absolute Gasteiger partial charge is 0.252 e. The molecule has 0 saturated carbocycles. The fourth-order valence-corrected chi connectivity index (χ4v) is 5.90. The summed E-state index contributed by atoms with van der Waals surface area (Å²) in [5.74, 6) is -0.0940. The minimum absolute atomic E-state index is 0.209. The van der Waals surface area contributed by atoms with Gasteiger partial charge in [0.15, 0.2) is 30.6 Å². The molecule has 336 valence electrons. The van der Waals surface area contributed by atoms with Gasteiger partial charge in [-0.2, -0.15) is 0 Å². The molecule has 10 atom stereocenters. The zero-order valence-corrected chi connectivity index (χ0v) is 36.3. The van der Waals surface area contributed by atoms with E-state index in [-0.39, 0.29) is 31.8 Å². The van der Waals surface area contributed by atoms with Gasteiger partial charge in [-0.25, -0.2) is 0 Å². The van der Waals surface area contributed by atoms with Crippen molar-refractivity contribution in [2.24, 2.45) is 5.11 Å². The summed E-state index contributed by atoms with van der Waals surface area (Å²) in [5.41, 5.74) is 8.46. The summed E-state index contributed by atoms with van der Waals surface area (Å²) in [6, 6.07) is 7.27. The predicted molar refractivity (Wildman–Crippen MR) is 214 cm³/mol. The molecule has 0 bridgehead atoms. The molecular formula is C39H63N9O12. The Morgan fingerprint density at radius 2 is 1.22 bits per heavy atom. The lowest BCUT2D eigenvalue weighted by Crippen LogP contribution is -2.64. The number of aliphatic hydroxyl groups is 4. The summed E-state index contributed by atoms with van der Waals surface area (Å²) in [5, 5.41) is 66.6. The van der Waals surface area contributed by atoms with Crippen molar-refractivity contribution in [1.82, 2.24) is 31.0 Å². The van der Waals surface area contributed by atoms with E-state index < -0.39 is 84.4 Å². The van der Waals surface area contributed by atoms with Crippen molar-refractivity contribution in [2.75, 3.05) is 13.1 Å². The van der Waals surface area contributed by atoms with E-state index >= 15 is 0 Å². The molecule has 1 aromatic heterocycles. The van der Waals surface area contributed by atoms with Crippen molar-refractivity contribution in [2.45, 2.75) is 174 Å². The molecule has 6 N–H and O–H groups in total. The maximum Gasteiger partial charge on any atom is 0.252 e. The highest BCUT2D eigenvalue weighted by molar-refractivity contribution is 5.82. The summed E-state index contributed by atoms with van der Waals surface area (Å²) in [7, 11) is 0. The van der Waals surface area contributed by atoms with Crippen LogP contribution < -0.4 is 10.6 Å². The number of hydrogen-bond donors (Lipinski definition) is 6. The number of rotatable bonds is 15. The fourth-order valence-electron chi connectivity index (χ4n) is 5.90. The zero-order valence-electron chi connectivity index (χ0n) is 36.3. The van der Waals surface area contributed by atoms with Gasteiger partial charge in [-0.05, 0) is 93.7 Å². The van der Waals surface area contributed by atoms with Crippen LogP contribution in [0.25, 0.3) is 21.8 Å². The summed E-state index contributed by atoms with van der Waals surface area (Å²) >= 11 is 0. The minimum atomic E-state index is -1.37. The Kier molecular flexibility index (Phi) is 19.1. The van der Waals surface area contributed by atoms with Crippen LogP contribution in [0.2, 0.25) is 0 Å². The number of nitrogens with one attached hydrogen (secondary N) is 2. The molecule has 2 aromatic rings. The summed E-state index contributed by atoms with van der Waals surface area (Å²) < 4.78 is 34.1. The Morgan fingerprint density at radius 3 is 1.63 bits per heavy atom. The van der Waals surface area contributed by atoms with Crippen LogP contribution in [0.3, 0.4) is 0 Å². The number of nitrogens with zero attached hydrogens (tertiary/aromatic N) is 7. The molecule has 2 aliphatic rings. The van der Waals surface area contributed by atoms with Gasteiger partial charge in [0.2, 0.25) is 5.82 Å². The SMILES string of the molecule is CC(C)O[C@@H]1OC(C(=O)NCCCN=[N+]=[N-])[C@@H](OC(C)(C)C)[C@H](O)C1O.Cc1nnc(-c2ccc(CNC(=O)C3O[C@@H](OC(C)C)C(O)[C@@H](O)[C@@H]3OC(C)(C)C)cc2)nn1. The highest BCUT2D eigenvalue weighted by atomic mass is 16.7. The lowest BCUT2D eigenvalue weighted by atomic mass is 9.96. The summed E-state index contributed by atoms with van der Waals surface area (Å²) in [6.45, 7) is 20.2. The number of benzene rings is 1. The first-order valence-corrected chi connectivity index (χ1v) is 19.9. The molecule has 21 heteroatoms. The lowest BCUT2D eigenvalue weighted by molar-refractivity contribution is -0.313. The van der Waals surface area contributed by atoms with Crippen LogP contribution in [0.15, 0.2) is 29.4 Å². The topological polar surface area (TPSA) is 295 Å². The van der Waals surface area contributed by atoms with E-state index in [2.05, 4.69) is 41.1 Å². The van der Waals surface area contributed by atoms with Gasteiger partial charge in [-0.15, -0.1) is 20.4 Å². The predicted octanol–water partition coefficient (Wildman–Crippen LogP) is 1.77. The number of hydrogen-bond acceptors (Lipinski definition) is 17. The first kappa shape index (κ1) is 50.4. The first-order valence-electron chi connectivity index (χ1n) is 19.9. The second kappa shape index (κ2) is 22.7. The quantitative estimate of drug-likeness (QED) is 0.0644. The van der Waals surface area contributed by atoms with E-state index in [1.807, 2.05) is 24.3 Å². The highest BCUT2D eigenvalue weighted by Gasteiger charge is 2.51. The largest absolute Gasteiger partial charge is 0.387 e. The molecule has 2 amide bonds. The molecule has 60 heavy (non-hydrogen) atoms. The third-order valence-corrected chi connectivity index (χ3v) is 8.45. The van der Waals surface area contributed by atoms with Gasteiger partial charge in [0.25, 0.3) is 11.8 Å². The van der Waals surface area contributed by atoms with Gasteiger partial charge in [0, 0.05) is 30.1 Å². The van der Waals surface area contributed by atoms with Crippen molar-refractivity contribution < 1.29 is 58.4 Å². The van der Waals surface area contributed by atoms with Crippen molar-refractivity contribution in [3.05, 3.63) is 46.1 Å². The van der Waals surface area contributed by atoms with Gasteiger partial charge in [-0.1, -0.05) is 29.4 Å². The molecule has 4 rings (SSSR count). The molecule has 0 aliphatic carbocycles. The molecule has 3 heterocycles. The van der Waals surface area contributed by atoms with Crippen molar-refractivity contribution in [3.63, 3.8) is 0 Å². The number of aliphatic hydroxyl groups excluding tert-OH is 4. The van der Waals surface area contributed by atoms with Crippen LogP contribution >= 0.6 is 0 Å². The molecule has 0 spiro atoms. The van der Waals surface area contributed by atoms with Crippen LogP contribution in [0, 0.1) is 6.92 Å². The van der Waals surface area contributed by atoms with E-state index in [0.717, 1.165) is 11.1 Å². The second-order valence-electron chi connectivity index (χ2n) is 16.9. The molecule has 21 nitrogen and oxygen atoms in total. The van der Waals surface area contributed by atoms with Crippen molar-refractivity contribution in [1.29, 1.82) is 0 Å². The number of azide groups is 1. The lowest BCUT2D eigenvalue weighted by Gasteiger charge is -2.44. The second-order valence-corrected chi connectivity index (χ2v) is 16.9. The number of aryl methyl sites for hydroxylation is 1. The minimum Gasteiger partial charge on any atom is -0.387 e. The number of carbonyl (C=O) groups is 2. The average Bonchev–Trinajstić information content (AvgIpc) is 3.16. The maximum absolute atomic E-state index is 13.1. The van der Waals surface area contributed by atoms with E-state index in [4.69, 9.17) is 34.0 Å². The third kappa shape index (κ3) is 15.8. The van der Waals surface area contributed by atoms with Gasteiger partial charge < -0.3 is 59.5 Å². The fraction of sp³-hybridized carbons (Fsp3) is 0.744. The van der Waals surface area contributed by atoms with Gasteiger partial charge in [0.1, 0.15) is 36.6 Å². The van der Waals surface area contributed by atoms with Gasteiger partial charge in [0.05, 0.1) is 23.4 Å². The molecule has 2 saturated heterocycles. The Hall–Kier alpha value is -3.99. The van der Waals surface area contributed by atoms with E-state index in [1.165, 1.54) is 0 Å². The standard InChI is InChI=1S/C23H33N5O6.C16H30N4O6/c1-12(2)32-22-17(30)16(29)18(34-23(4,5)6)19(33-22)21(31)24-11-14-7-9-15(10-8-14)20-27-25-13(3)26-28-20;1-9(2)24-15-11(22)10(21)12(26-16(3,4)5)13(25-15)14(23)18-7-6-8-19-20-17/h7-10,12,16-19,22,29-30H,11H2,1-6H3,(H,24,31);9-13,15,21-22H,6-8H2,1-5H3,(H,18,23)/t16-,17?,18+,19?,22-;10-,11?,12+,13?,15-/m11/s1. The normalized spacial score (nSPS) is 27.1. The van der Waals surface area contributed by atoms with E-state index in [9.17, 15) is 30.0 Å². The summed E-state index contributed by atoms with van der Waals surface area (Å²) in [6.07, 6.45) is -12.3. The van der Waals surface area contributed by atoms with Crippen molar-refractivity contribution >= 4 is 11.8 Å². The van der Waals surface area contributed by atoms with Crippen LogP contribution in [0.5, 0.6) is 0 Å². The number of carbonyl (C=O) groups excluding carboxylic acids is 2. The Labute approximate surface area is 350 Å². The first-order chi connectivity index (χ1) is 28.0. The Balaban J connectivity index is 0.000000333. The number of amides is 2. The van der Waals surface area contributed by atoms with Crippen LogP contribution in [-0.4, -0.2) is 151 Å². The summed E-state index contributed by atoms with van der Waals surface area (Å²) in [4.78, 5) is 28.3. The third-order valence-electron chi connectivity index (χ3n) is 8.45. The van der Waals surface area contributed by atoms with E-state index in [0.29, 0.717) is 18.1 Å². The van der Waals surface area contributed by atoms with E-state index in [1.54, 1.807) is 76.2 Å². The molecule has 0 radical (unpaired) electrons. The van der Waals surface area contributed by atoms with Crippen LogP contribution in [0.4, 0.5) is 0 Å². The van der Waals surface area contributed by atoms with Gasteiger partial charge in [-0.3, -0.25) is 9.59 Å². The molecule has 4 unspecified atom stereocenters. The number of aromatic nitrogens is 4. The monoisotopic (exact) mass is 849 g/mol. The molecule has 2 aliphatic heterocycles.